The van der Waals surface area contributed by atoms with E-state index in [9.17, 15) is 8.42 Å². The van der Waals surface area contributed by atoms with Crippen molar-refractivity contribution < 1.29 is 8.42 Å². The van der Waals surface area contributed by atoms with Crippen molar-refractivity contribution in [1.29, 1.82) is 0 Å². The fourth-order valence-corrected chi connectivity index (χ4v) is 4.27. The van der Waals surface area contributed by atoms with E-state index in [-0.39, 0.29) is 16.6 Å². The Morgan fingerprint density at radius 1 is 1.47 bits per heavy atom. The van der Waals surface area contributed by atoms with Gasteiger partial charge in [-0.3, -0.25) is 0 Å². The zero-order valence-electron chi connectivity index (χ0n) is 8.11. The molecule has 0 fully saturated rings. The second kappa shape index (κ2) is 3.77. The number of sulfone groups is 1. The van der Waals surface area contributed by atoms with Gasteiger partial charge in [0.25, 0.3) is 0 Å². The van der Waals surface area contributed by atoms with Crippen LogP contribution in [0.15, 0.2) is 23.1 Å². The van der Waals surface area contributed by atoms with Crippen molar-refractivity contribution in [3.63, 3.8) is 0 Å². The van der Waals surface area contributed by atoms with Gasteiger partial charge in [0, 0.05) is 0 Å². The molecule has 0 spiro atoms. The van der Waals surface area contributed by atoms with Crippen molar-refractivity contribution in [1.82, 2.24) is 0 Å². The lowest BCUT2D eigenvalue weighted by Crippen LogP contribution is -2.25. The molecule has 0 saturated carbocycles. The van der Waals surface area contributed by atoms with Crippen LogP contribution in [-0.4, -0.2) is 20.7 Å². The number of fused-ring (bicyclic) bond motifs is 1. The van der Waals surface area contributed by atoms with E-state index in [0.717, 1.165) is 5.56 Å². The maximum Gasteiger partial charge on any atom is 0.180 e. The predicted molar refractivity (Wildman–Crippen MR) is 59.9 cm³/mol. The monoisotopic (exact) mass is 245 g/mol. The van der Waals surface area contributed by atoms with Gasteiger partial charge in [-0.2, -0.15) is 0 Å². The molecule has 0 aliphatic carbocycles. The highest BCUT2D eigenvalue weighted by Gasteiger charge is 2.31. The van der Waals surface area contributed by atoms with Gasteiger partial charge in [0.15, 0.2) is 9.84 Å². The summed E-state index contributed by atoms with van der Waals surface area (Å²) in [5.74, 6) is 0.258. The van der Waals surface area contributed by atoms with Crippen LogP contribution in [0.2, 0.25) is 5.02 Å². The van der Waals surface area contributed by atoms with Crippen molar-refractivity contribution in [2.24, 2.45) is 5.73 Å². The average molecular weight is 246 g/mol. The van der Waals surface area contributed by atoms with Crippen LogP contribution < -0.4 is 5.73 Å². The highest BCUT2D eigenvalue weighted by atomic mass is 35.5. The molecule has 1 unspecified atom stereocenters. The number of rotatable bonds is 1. The summed E-state index contributed by atoms with van der Waals surface area (Å²) in [4.78, 5) is 0.286. The van der Waals surface area contributed by atoms with E-state index in [2.05, 4.69) is 0 Å². The SMILES string of the molecule is NCC1CCS(=O)(=O)c2c(Cl)cccc21. The molecule has 0 radical (unpaired) electrons. The summed E-state index contributed by atoms with van der Waals surface area (Å²) < 4.78 is 23.7. The zero-order chi connectivity index (χ0) is 11.1. The van der Waals surface area contributed by atoms with Crippen LogP contribution in [0, 0.1) is 0 Å². The molecular formula is C10H12ClNO2S. The number of halogens is 1. The average Bonchev–Trinajstić information content (AvgIpc) is 2.17. The largest absolute Gasteiger partial charge is 0.330 e. The Hall–Kier alpha value is -0.580. The summed E-state index contributed by atoms with van der Waals surface area (Å²) in [5, 5.41) is 0.311. The van der Waals surface area contributed by atoms with Crippen LogP contribution in [0.3, 0.4) is 0 Å². The molecule has 0 bridgehead atoms. The summed E-state index contributed by atoms with van der Waals surface area (Å²) in [7, 11) is -3.20. The van der Waals surface area contributed by atoms with E-state index in [1.54, 1.807) is 18.2 Å². The van der Waals surface area contributed by atoms with Gasteiger partial charge in [-0.15, -0.1) is 0 Å². The Labute approximate surface area is 94.2 Å². The van der Waals surface area contributed by atoms with Crippen molar-refractivity contribution in [2.75, 3.05) is 12.3 Å². The molecule has 0 saturated heterocycles. The molecule has 0 amide bonds. The molecule has 15 heavy (non-hydrogen) atoms. The number of nitrogens with two attached hydrogens (primary N) is 1. The lowest BCUT2D eigenvalue weighted by atomic mass is 9.96. The molecule has 82 valence electrons. The summed E-state index contributed by atoms with van der Waals surface area (Å²) in [5.41, 5.74) is 6.39. The summed E-state index contributed by atoms with van der Waals surface area (Å²) in [6, 6.07) is 5.18. The predicted octanol–water partition coefficient (Wildman–Crippen LogP) is 1.56. The first-order valence-corrected chi connectivity index (χ1v) is 6.80. The van der Waals surface area contributed by atoms with E-state index < -0.39 is 9.84 Å². The van der Waals surface area contributed by atoms with Crippen molar-refractivity contribution in [2.45, 2.75) is 17.2 Å². The topological polar surface area (TPSA) is 60.2 Å². The normalized spacial score (nSPS) is 23.5. The fraction of sp³-hybridized carbons (Fsp3) is 0.400. The first kappa shape index (κ1) is 10.9. The summed E-state index contributed by atoms with van der Waals surface area (Å²) >= 11 is 5.93. The Balaban J connectivity index is 2.69. The third-order valence-electron chi connectivity index (χ3n) is 2.77. The minimum atomic E-state index is -3.20. The lowest BCUT2D eigenvalue weighted by Gasteiger charge is -2.24. The van der Waals surface area contributed by atoms with Crippen molar-refractivity contribution >= 4 is 21.4 Å². The molecule has 3 nitrogen and oxygen atoms in total. The van der Waals surface area contributed by atoms with Crippen molar-refractivity contribution in [3.05, 3.63) is 28.8 Å². The number of hydrogen-bond donors (Lipinski definition) is 1. The van der Waals surface area contributed by atoms with E-state index >= 15 is 0 Å². The van der Waals surface area contributed by atoms with E-state index in [1.165, 1.54) is 0 Å². The second-order valence-electron chi connectivity index (χ2n) is 3.70. The molecule has 1 heterocycles. The van der Waals surface area contributed by atoms with Crippen LogP contribution in [0.25, 0.3) is 0 Å². The first-order chi connectivity index (χ1) is 7.06. The Bertz CT molecular complexity index is 484. The molecule has 2 rings (SSSR count). The number of hydrogen-bond acceptors (Lipinski definition) is 3. The van der Waals surface area contributed by atoms with Crippen LogP contribution in [0.1, 0.15) is 17.9 Å². The van der Waals surface area contributed by atoms with Crippen molar-refractivity contribution in [3.8, 4) is 0 Å². The van der Waals surface area contributed by atoms with Crippen LogP contribution in [-0.2, 0) is 9.84 Å². The molecule has 2 N–H and O–H groups in total. The molecule has 1 atom stereocenters. The standard InChI is InChI=1S/C10H12ClNO2S/c11-9-3-1-2-8-7(6-12)4-5-15(13,14)10(8)9/h1-3,7H,4-6,12H2. The molecule has 5 heteroatoms. The highest BCUT2D eigenvalue weighted by Crippen LogP contribution is 2.37. The van der Waals surface area contributed by atoms with Gasteiger partial charge >= 0.3 is 0 Å². The molecule has 0 aromatic heterocycles. The Morgan fingerprint density at radius 2 is 2.20 bits per heavy atom. The minimum absolute atomic E-state index is 0.113. The number of benzene rings is 1. The van der Waals surface area contributed by atoms with Gasteiger partial charge in [-0.25, -0.2) is 8.42 Å². The fourth-order valence-electron chi connectivity index (χ4n) is 1.97. The van der Waals surface area contributed by atoms with E-state index in [4.69, 9.17) is 17.3 Å². The maximum absolute atomic E-state index is 11.8. The molecule has 1 aliphatic rings. The van der Waals surface area contributed by atoms with Gasteiger partial charge in [-0.1, -0.05) is 23.7 Å². The third kappa shape index (κ3) is 1.77. The highest BCUT2D eigenvalue weighted by molar-refractivity contribution is 7.91. The molecular weight excluding hydrogens is 234 g/mol. The Morgan fingerprint density at radius 3 is 2.87 bits per heavy atom. The van der Waals surface area contributed by atoms with Crippen LogP contribution in [0.5, 0.6) is 0 Å². The van der Waals surface area contributed by atoms with Gasteiger partial charge in [-0.05, 0) is 30.5 Å². The molecule has 1 aliphatic heterocycles. The van der Waals surface area contributed by atoms with E-state index in [1.807, 2.05) is 0 Å². The summed E-state index contributed by atoms with van der Waals surface area (Å²) in [6.07, 6.45) is 0.589. The van der Waals surface area contributed by atoms with Crippen LogP contribution >= 0.6 is 11.6 Å². The van der Waals surface area contributed by atoms with Gasteiger partial charge in [0.2, 0.25) is 0 Å². The second-order valence-corrected chi connectivity index (χ2v) is 6.15. The van der Waals surface area contributed by atoms with Gasteiger partial charge < -0.3 is 5.73 Å². The Kier molecular flexibility index (Phi) is 2.75. The molecule has 1 aromatic carbocycles. The third-order valence-corrected chi connectivity index (χ3v) is 5.05. The van der Waals surface area contributed by atoms with Gasteiger partial charge in [0.1, 0.15) is 0 Å². The first-order valence-electron chi connectivity index (χ1n) is 4.77. The van der Waals surface area contributed by atoms with Gasteiger partial charge in [0.05, 0.1) is 15.7 Å². The van der Waals surface area contributed by atoms with E-state index in [0.29, 0.717) is 18.0 Å². The maximum atomic E-state index is 11.8. The van der Waals surface area contributed by atoms with Crippen LogP contribution in [0.4, 0.5) is 0 Å². The quantitative estimate of drug-likeness (QED) is 0.817. The lowest BCUT2D eigenvalue weighted by molar-refractivity contribution is 0.566. The molecule has 1 aromatic rings. The summed E-state index contributed by atoms with van der Waals surface area (Å²) in [6.45, 7) is 0.461. The smallest absolute Gasteiger partial charge is 0.180 e. The zero-order valence-corrected chi connectivity index (χ0v) is 9.68. The minimum Gasteiger partial charge on any atom is -0.330 e.